The molecule has 0 amide bonds. The zero-order chi connectivity index (χ0) is 24.3. The van der Waals surface area contributed by atoms with E-state index in [4.69, 9.17) is 4.74 Å². The van der Waals surface area contributed by atoms with Crippen LogP contribution in [0.2, 0.25) is 0 Å². The van der Waals surface area contributed by atoms with Gasteiger partial charge < -0.3 is 4.74 Å². The molecule has 8 atom stereocenters. The molecule has 0 heterocycles. The van der Waals surface area contributed by atoms with Crippen molar-refractivity contribution in [3.63, 3.8) is 0 Å². The lowest BCUT2D eigenvalue weighted by atomic mass is 9.42. The summed E-state index contributed by atoms with van der Waals surface area (Å²) < 4.78 is 5.23. The van der Waals surface area contributed by atoms with Crippen molar-refractivity contribution in [2.24, 2.45) is 46.3 Å². The Kier molecular flexibility index (Phi) is 9.15. The van der Waals surface area contributed by atoms with Gasteiger partial charge in [-0.1, -0.05) is 48.5 Å². The first kappa shape index (κ1) is 27.1. The van der Waals surface area contributed by atoms with Crippen molar-refractivity contribution in [1.29, 1.82) is 0 Å². The summed E-state index contributed by atoms with van der Waals surface area (Å²) in [7, 11) is 0. The standard InChI is InChI=1S/C24H36O4.2C2H6/c1-14-20-13-17(26)7-10-24(20,4)19-8-11-23(3)16(9-12-28-15(2)25)5-6-18(23)21(19)22(14)27;2*1-2/h14,16,18-21H,5-13H2,1-4H3;2*1-2H3. The number of rotatable bonds is 3. The molecule has 4 aliphatic carbocycles. The lowest BCUT2D eigenvalue weighted by molar-refractivity contribution is -0.167. The zero-order valence-corrected chi connectivity index (χ0v) is 22.0. The van der Waals surface area contributed by atoms with Crippen LogP contribution in [0.5, 0.6) is 0 Å². The molecule has 0 saturated heterocycles. The largest absolute Gasteiger partial charge is 0.466 e. The van der Waals surface area contributed by atoms with Gasteiger partial charge in [0.05, 0.1) is 6.61 Å². The number of ketones is 2. The molecule has 8 unspecified atom stereocenters. The molecule has 184 valence electrons. The van der Waals surface area contributed by atoms with Crippen LogP contribution >= 0.6 is 0 Å². The van der Waals surface area contributed by atoms with Gasteiger partial charge in [0.2, 0.25) is 0 Å². The van der Waals surface area contributed by atoms with E-state index in [0.717, 1.165) is 32.1 Å². The quantitative estimate of drug-likeness (QED) is 0.454. The van der Waals surface area contributed by atoms with Crippen molar-refractivity contribution >= 4 is 17.5 Å². The second-order valence-electron chi connectivity index (χ2n) is 10.7. The van der Waals surface area contributed by atoms with Gasteiger partial charge in [0.25, 0.3) is 0 Å². The summed E-state index contributed by atoms with van der Waals surface area (Å²) in [5.74, 6) is 2.46. The first-order chi connectivity index (χ1) is 15.2. The van der Waals surface area contributed by atoms with E-state index in [2.05, 4.69) is 20.8 Å². The number of fused-ring (bicyclic) bond motifs is 5. The van der Waals surface area contributed by atoms with Gasteiger partial charge in [-0.3, -0.25) is 14.4 Å². The van der Waals surface area contributed by atoms with Gasteiger partial charge in [-0.05, 0) is 73.0 Å². The fraction of sp³-hybridized carbons (Fsp3) is 0.893. The van der Waals surface area contributed by atoms with Gasteiger partial charge in [-0.25, -0.2) is 0 Å². The minimum atomic E-state index is -0.203. The second-order valence-corrected chi connectivity index (χ2v) is 10.7. The Morgan fingerprint density at radius 2 is 1.56 bits per heavy atom. The smallest absolute Gasteiger partial charge is 0.302 e. The molecular formula is C28H48O4. The van der Waals surface area contributed by atoms with Crippen molar-refractivity contribution in [3.8, 4) is 0 Å². The van der Waals surface area contributed by atoms with E-state index in [1.54, 1.807) is 0 Å². The van der Waals surface area contributed by atoms with Crippen LogP contribution in [0.3, 0.4) is 0 Å². The Labute approximate surface area is 196 Å². The minimum Gasteiger partial charge on any atom is -0.466 e. The number of hydrogen-bond acceptors (Lipinski definition) is 4. The molecule has 0 N–H and O–H groups in total. The summed E-state index contributed by atoms with van der Waals surface area (Å²) in [6.07, 6.45) is 7.75. The van der Waals surface area contributed by atoms with Crippen molar-refractivity contribution in [3.05, 3.63) is 0 Å². The highest BCUT2D eigenvalue weighted by atomic mass is 16.5. The lowest BCUT2D eigenvalue weighted by Gasteiger charge is -2.61. The molecule has 4 saturated carbocycles. The van der Waals surface area contributed by atoms with E-state index in [-0.39, 0.29) is 34.6 Å². The summed E-state index contributed by atoms with van der Waals surface area (Å²) in [5.41, 5.74) is 0.327. The van der Waals surface area contributed by atoms with Gasteiger partial charge >= 0.3 is 5.97 Å². The Balaban J connectivity index is 0.000000860. The van der Waals surface area contributed by atoms with Gasteiger partial charge in [0.1, 0.15) is 11.6 Å². The maximum absolute atomic E-state index is 13.6. The number of Topliss-reactive ketones (excluding diaryl/α,β-unsaturated/α-hetero) is 2. The Morgan fingerprint density at radius 1 is 0.938 bits per heavy atom. The topological polar surface area (TPSA) is 60.4 Å². The van der Waals surface area contributed by atoms with E-state index in [1.807, 2.05) is 27.7 Å². The van der Waals surface area contributed by atoms with Crippen LogP contribution in [-0.4, -0.2) is 24.1 Å². The number of carbonyl (C=O) groups is 3. The van der Waals surface area contributed by atoms with Gasteiger partial charge in [0, 0.05) is 31.6 Å². The molecular weight excluding hydrogens is 400 g/mol. The first-order valence-corrected chi connectivity index (χ1v) is 13.4. The molecule has 0 bridgehead atoms. The molecule has 4 rings (SSSR count). The van der Waals surface area contributed by atoms with Crippen LogP contribution in [-0.2, 0) is 19.1 Å². The highest BCUT2D eigenvalue weighted by Gasteiger charge is 2.64. The molecule has 0 radical (unpaired) electrons. The van der Waals surface area contributed by atoms with Gasteiger partial charge in [0.15, 0.2) is 0 Å². The fourth-order valence-corrected chi connectivity index (χ4v) is 8.09. The van der Waals surface area contributed by atoms with Crippen molar-refractivity contribution < 1.29 is 19.1 Å². The summed E-state index contributed by atoms with van der Waals surface area (Å²) in [4.78, 5) is 36.9. The summed E-state index contributed by atoms with van der Waals surface area (Å²) in [6.45, 7) is 16.9. The average molecular weight is 449 g/mol. The number of carbonyl (C=O) groups excluding carboxylic acids is 3. The highest BCUT2D eigenvalue weighted by molar-refractivity contribution is 5.88. The average Bonchev–Trinajstić information content (AvgIpc) is 3.12. The molecule has 32 heavy (non-hydrogen) atoms. The molecule has 0 aromatic carbocycles. The molecule has 4 heteroatoms. The highest BCUT2D eigenvalue weighted by Crippen LogP contribution is 2.67. The third-order valence-electron chi connectivity index (χ3n) is 9.70. The summed E-state index contributed by atoms with van der Waals surface area (Å²) in [5, 5.41) is 0. The van der Waals surface area contributed by atoms with E-state index in [1.165, 1.54) is 13.3 Å². The number of hydrogen-bond donors (Lipinski definition) is 0. The molecule has 0 aromatic heterocycles. The predicted octanol–water partition coefficient (Wildman–Crippen LogP) is 6.65. The lowest BCUT2D eigenvalue weighted by Crippen LogP contribution is -2.59. The van der Waals surface area contributed by atoms with Crippen LogP contribution in [0.25, 0.3) is 0 Å². The maximum Gasteiger partial charge on any atom is 0.302 e. The minimum absolute atomic E-state index is 0.0120. The molecule has 0 spiro atoms. The van der Waals surface area contributed by atoms with Crippen LogP contribution in [0.15, 0.2) is 0 Å². The molecule has 4 fully saturated rings. The van der Waals surface area contributed by atoms with Crippen molar-refractivity contribution in [1.82, 2.24) is 0 Å². The Morgan fingerprint density at radius 3 is 2.19 bits per heavy atom. The zero-order valence-electron chi connectivity index (χ0n) is 22.0. The molecule has 0 aliphatic heterocycles. The van der Waals surface area contributed by atoms with Gasteiger partial charge in [-0.15, -0.1) is 0 Å². The SMILES string of the molecule is CC.CC.CC(=O)OCCC1CCC2C3C(=O)C(C)C4CC(=O)CCC4(C)C3CCC12C. The monoisotopic (exact) mass is 448 g/mol. The van der Waals surface area contributed by atoms with Gasteiger partial charge in [-0.2, -0.15) is 0 Å². The van der Waals surface area contributed by atoms with Crippen LogP contribution in [0.4, 0.5) is 0 Å². The Hall–Kier alpha value is -1.19. The van der Waals surface area contributed by atoms with E-state index in [0.29, 0.717) is 48.8 Å². The molecule has 0 aromatic rings. The fourth-order valence-electron chi connectivity index (χ4n) is 8.09. The third-order valence-corrected chi connectivity index (χ3v) is 9.70. The second kappa shape index (κ2) is 10.8. The normalized spacial score (nSPS) is 42.2. The Bertz CT molecular complexity index is 685. The summed E-state index contributed by atoms with van der Waals surface area (Å²) in [6, 6.07) is 0. The molecule has 4 nitrogen and oxygen atoms in total. The van der Waals surface area contributed by atoms with E-state index in [9.17, 15) is 14.4 Å². The third kappa shape index (κ3) is 4.57. The van der Waals surface area contributed by atoms with E-state index < -0.39 is 0 Å². The van der Waals surface area contributed by atoms with Crippen LogP contribution in [0, 0.1) is 46.3 Å². The molecule has 4 aliphatic rings. The van der Waals surface area contributed by atoms with Crippen LogP contribution in [0.1, 0.15) is 107 Å². The van der Waals surface area contributed by atoms with Crippen LogP contribution < -0.4 is 0 Å². The van der Waals surface area contributed by atoms with Crippen molar-refractivity contribution in [2.75, 3.05) is 6.61 Å². The number of esters is 1. The number of ether oxygens (including phenoxy) is 1. The predicted molar refractivity (Wildman–Crippen MR) is 129 cm³/mol. The summed E-state index contributed by atoms with van der Waals surface area (Å²) >= 11 is 0. The maximum atomic E-state index is 13.6. The van der Waals surface area contributed by atoms with E-state index >= 15 is 0 Å². The van der Waals surface area contributed by atoms with Crippen molar-refractivity contribution in [2.45, 2.75) is 107 Å². The first-order valence-electron chi connectivity index (χ1n) is 13.4.